The average Bonchev–Trinajstić information content (AvgIpc) is 2.78. The molecule has 1 amide bonds. The number of amides is 1. The van der Waals surface area contributed by atoms with E-state index < -0.39 is 0 Å². The van der Waals surface area contributed by atoms with Crippen molar-refractivity contribution >= 4 is 11.6 Å². The third-order valence-electron chi connectivity index (χ3n) is 6.16. The Morgan fingerprint density at radius 3 is 2.48 bits per heavy atom. The summed E-state index contributed by atoms with van der Waals surface area (Å²) in [5.41, 5.74) is 2.04. The molecule has 4 heteroatoms. The summed E-state index contributed by atoms with van der Waals surface area (Å²) in [5, 5.41) is 7.09. The number of carbonyl (C=O) groups is 1. The van der Waals surface area contributed by atoms with E-state index in [1.165, 1.54) is 63.4 Å². The number of hydrazone groups is 1. The van der Waals surface area contributed by atoms with Crippen molar-refractivity contribution in [2.24, 2.45) is 11.0 Å². The highest BCUT2D eigenvalue weighted by Gasteiger charge is 2.27. The molecule has 164 valence electrons. The fourth-order valence-electron chi connectivity index (χ4n) is 4.40. The Bertz CT molecular complexity index is 558. The van der Waals surface area contributed by atoms with Crippen LogP contribution in [0.25, 0.3) is 0 Å². The first-order chi connectivity index (χ1) is 14.1. The van der Waals surface area contributed by atoms with Crippen LogP contribution in [0.2, 0.25) is 0 Å². The number of nitrogens with zero attached hydrogens (tertiary/aromatic N) is 3. The maximum atomic E-state index is 13.1. The fourth-order valence-corrected chi connectivity index (χ4v) is 4.40. The number of carbonyl (C=O) groups excluding carboxylic acids is 1. The van der Waals surface area contributed by atoms with Crippen molar-refractivity contribution in [1.82, 2.24) is 9.91 Å². The van der Waals surface area contributed by atoms with Crippen LogP contribution in [0, 0.1) is 18.8 Å². The molecule has 0 aromatic heterocycles. The highest BCUT2D eigenvalue weighted by Crippen LogP contribution is 2.26. The maximum Gasteiger partial charge on any atom is 0.274 e. The topological polar surface area (TPSA) is 35.9 Å². The van der Waals surface area contributed by atoms with Gasteiger partial charge in [0.05, 0.1) is 6.54 Å². The van der Waals surface area contributed by atoms with Crippen LogP contribution in [0.15, 0.2) is 16.8 Å². The van der Waals surface area contributed by atoms with Gasteiger partial charge in [0, 0.05) is 19.6 Å². The number of terminal acetylenes is 1. The lowest BCUT2D eigenvalue weighted by Gasteiger charge is -2.35. The van der Waals surface area contributed by atoms with E-state index in [1.54, 1.807) is 0 Å². The van der Waals surface area contributed by atoms with Crippen LogP contribution >= 0.6 is 0 Å². The second-order valence-corrected chi connectivity index (χ2v) is 8.53. The Balaban J connectivity index is 0.00000204. The first-order valence-corrected chi connectivity index (χ1v) is 11.7. The monoisotopic (exact) mass is 401 g/mol. The highest BCUT2D eigenvalue weighted by atomic mass is 16.2. The molecule has 1 heterocycles. The SMILES string of the molecule is C#C.CCCCC1=CC(C(=O)N(C)CC(CC)CCC)=NN(C2CCCCC2)C1. The molecule has 1 aliphatic heterocycles. The summed E-state index contributed by atoms with van der Waals surface area (Å²) in [6.45, 7) is 8.43. The molecule has 1 atom stereocenters. The lowest BCUT2D eigenvalue weighted by Crippen LogP contribution is -2.42. The summed E-state index contributed by atoms with van der Waals surface area (Å²) in [6, 6.07) is 0.515. The zero-order chi connectivity index (χ0) is 21.6. The highest BCUT2D eigenvalue weighted by molar-refractivity contribution is 6.43. The molecule has 4 nitrogen and oxygen atoms in total. The third kappa shape index (κ3) is 8.25. The average molecular weight is 402 g/mol. The number of rotatable bonds is 10. The summed E-state index contributed by atoms with van der Waals surface area (Å²) in [5.74, 6) is 0.685. The lowest BCUT2D eigenvalue weighted by atomic mass is 9.94. The van der Waals surface area contributed by atoms with Gasteiger partial charge in [-0.1, -0.05) is 59.3 Å². The van der Waals surface area contributed by atoms with Crippen molar-refractivity contribution in [2.75, 3.05) is 20.1 Å². The smallest absolute Gasteiger partial charge is 0.274 e. The van der Waals surface area contributed by atoms with E-state index in [1.807, 2.05) is 11.9 Å². The van der Waals surface area contributed by atoms with Crippen molar-refractivity contribution < 1.29 is 4.79 Å². The molecule has 2 rings (SSSR count). The molecule has 0 spiro atoms. The van der Waals surface area contributed by atoms with Gasteiger partial charge in [0.2, 0.25) is 0 Å². The molecule has 0 aromatic carbocycles. The van der Waals surface area contributed by atoms with Gasteiger partial charge in [0.15, 0.2) is 0 Å². The molecule has 0 bridgehead atoms. The molecule has 0 radical (unpaired) electrons. The van der Waals surface area contributed by atoms with Crippen LogP contribution in [-0.2, 0) is 4.79 Å². The summed E-state index contributed by atoms with van der Waals surface area (Å²) in [4.78, 5) is 15.0. The number of unbranched alkanes of at least 4 members (excludes halogenated alkanes) is 1. The lowest BCUT2D eigenvalue weighted by molar-refractivity contribution is -0.123. The molecule has 1 saturated carbocycles. The quantitative estimate of drug-likeness (QED) is 0.444. The van der Waals surface area contributed by atoms with Gasteiger partial charge < -0.3 is 4.90 Å². The van der Waals surface area contributed by atoms with Crippen LogP contribution in [0.3, 0.4) is 0 Å². The van der Waals surface area contributed by atoms with Gasteiger partial charge in [-0.25, -0.2) is 0 Å². The largest absolute Gasteiger partial charge is 0.340 e. The van der Waals surface area contributed by atoms with Crippen molar-refractivity contribution in [3.8, 4) is 12.8 Å². The minimum Gasteiger partial charge on any atom is -0.340 e. The van der Waals surface area contributed by atoms with Crippen LogP contribution in [0.1, 0.15) is 91.4 Å². The molecule has 1 aliphatic carbocycles. The van der Waals surface area contributed by atoms with Crippen molar-refractivity contribution in [3.05, 3.63) is 11.6 Å². The molecule has 2 aliphatic rings. The normalized spacial score (nSPS) is 18.2. The zero-order valence-corrected chi connectivity index (χ0v) is 19.3. The van der Waals surface area contributed by atoms with Crippen molar-refractivity contribution in [1.29, 1.82) is 0 Å². The number of hydrogen-bond donors (Lipinski definition) is 0. The van der Waals surface area contributed by atoms with E-state index >= 15 is 0 Å². The first kappa shape index (κ1) is 25.3. The molecular formula is C25H43N3O. The van der Waals surface area contributed by atoms with E-state index in [2.05, 4.69) is 44.7 Å². The summed E-state index contributed by atoms with van der Waals surface area (Å²) in [7, 11) is 1.95. The Labute approximate surface area is 179 Å². The van der Waals surface area contributed by atoms with Crippen LogP contribution in [0.5, 0.6) is 0 Å². The maximum absolute atomic E-state index is 13.1. The van der Waals surface area contributed by atoms with E-state index in [4.69, 9.17) is 5.10 Å². The van der Waals surface area contributed by atoms with Crippen molar-refractivity contribution in [3.63, 3.8) is 0 Å². The first-order valence-electron chi connectivity index (χ1n) is 11.7. The Hall–Kier alpha value is -1.76. The van der Waals surface area contributed by atoms with Gasteiger partial charge in [-0.05, 0) is 49.7 Å². The van der Waals surface area contributed by atoms with E-state index in [-0.39, 0.29) is 5.91 Å². The predicted molar refractivity (Wildman–Crippen MR) is 125 cm³/mol. The van der Waals surface area contributed by atoms with Crippen LogP contribution < -0.4 is 0 Å². The van der Waals surface area contributed by atoms with Gasteiger partial charge in [-0.2, -0.15) is 5.10 Å². The minimum absolute atomic E-state index is 0.0964. The Kier molecular flexibility index (Phi) is 12.4. The van der Waals surface area contributed by atoms with Gasteiger partial charge in [-0.15, -0.1) is 12.8 Å². The van der Waals surface area contributed by atoms with E-state index in [9.17, 15) is 4.79 Å². The third-order valence-corrected chi connectivity index (χ3v) is 6.16. The molecular weight excluding hydrogens is 358 g/mol. The van der Waals surface area contributed by atoms with E-state index in [0.717, 1.165) is 25.9 Å². The molecule has 1 fully saturated rings. The molecule has 0 N–H and O–H groups in total. The zero-order valence-electron chi connectivity index (χ0n) is 19.3. The fraction of sp³-hybridized carbons (Fsp3) is 0.760. The summed E-state index contributed by atoms with van der Waals surface area (Å²) >= 11 is 0. The van der Waals surface area contributed by atoms with Gasteiger partial charge in [0.1, 0.15) is 5.71 Å². The van der Waals surface area contributed by atoms with Gasteiger partial charge in [-0.3, -0.25) is 9.80 Å². The Morgan fingerprint density at radius 2 is 1.90 bits per heavy atom. The second-order valence-electron chi connectivity index (χ2n) is 8.53. The minimum atomic E-state index is 0.0964. The van der Waals surface area contributed by atoms with Gasteiger partial charge >= 0.3 is 0 Å². The standard InChI is InChI=1S/C23H41N3O.C2H2/c1-5-8-13-20-16-22(23(27)25(4)17-19(7-3)12-6-2)24-26(18-20)21-14-10-9-11-15-21;1-2/h16,19,21H,5-15,17-18H2,1-4H3;1-2H. The molecule has 29 heavy (non-hydrogen) atoms. The summed E-state index contributed by atoms with van der Waals surface area (Å²) < 4.78 is 0. The van der Waals surface area contributed by atoms with Gasteiger partial charge in [0.25, 0.3) is 5.91 Å². The molecule has 1 unspecified atom stereocenters. The van der Waals surface area contributed by atoms with Crippen molar-refractivity contribution in [2.45, 2.75) is 97.4 Å². The second kappa shape index (κ2) is 14.3. The van der Waals surface area contributed by atoms with Crippen LogP contribution in [-0.4, -0.2) is 47.7 Å². The number of hydrogen-bond acceptors (Lipinski definition) is 3. The molecule has 0 aromatic rings. The summed E-state index contributed by atoms with van der Waals surface area (Å²) in [6.07, 6.45) is 23.4. The molecule has 0 saturated heterocycles. The van der Waals surface area contributed by atoms with E-state index in [0.29, 0.717) is 17.7 Å². The Morgan fingerprint density at radius 1 is 1.21 bits per heavy atom. The van der Waals surface area contributed by atoms with Crippen LogP contribution in [0.4, 0.5) is 0 Å². The predicted octanol–water partition coefficient (Wildman–Crippen LogP) is 5.64.